The number of furan rings is 1. The second-order valence-corrected chi connectivity index (χ2v) is 11.5. The topological polar surface area (TPSA) is 166 Å². The smallest absolute Gasteiger partial charge is 0.290 e. The van der Waals surface area contributed by atoms with Gasteiger partial charge in [0.25, 0.3) is 5.91 Å². The van der Waals surface area contributed by atoms with Gasteiger partial charge in [0, 0.05) is 35.2 Å². The molecule has 4 atom stereocenters. The summed E-state index contributed by atoms with van der Waals surface area (Å²) in [5.74, 6) is 0.0914. The monoisotopic (exact) mass is 656 g/mol. The predicted octanol–water partition coefficient (Wildman–Crippen LogP) is 2.96. The molecule has 1 aromatic heterocycles. The number of hydrogen-bond acceptors (Lipinski definition) is 11. The van der Waals surface area contributed by atoms with E-state index in [1.807, 2.05) is 0 Å². The van der Waals surface area contributed by atoms with Crippen molar-refractivity contribution in [3.8, 4) is 28.7 Å². The summed E-state index contributed by atoms with van der Waals surface area (Å²) in [6, 6.07) is 14.1. The molecule has 0 saturated heterocycles. The normalized spacial score (nSPS) is 20.3. The minimum Gasteiger partial charge on any atom is -0.493 e. The van der Waals surface area contributed by atoms with Crippen molar-refractivity contribution in [3.05, 3.63) is 88.7 Å². The Balaban J connectivity index is 1.35. The summed E-state index contributed by atoms with van der Waals surface area (Å²) in [6.07, 6.45) is -0.228. The Morgan fingerprint density at radius 2 is 1.85 bits per heavy atom. The molecule has 2 aliphatic heterocycles. The molecule has 0 radical (unpaired) electrons. The van der Waals surface area contributed by atoms with Gasteiger partial charge in [-0.1, -0.05) is 18.2 Å². The molecule has 3 aliphatic rings. The van der Waals surface area contributed by atoms with Crippen LogP contribution in [0.25, 0.3) is 11.0 Å². The summed E-state index contributed by atoms with van der Waals surface area (Å²) < 4.78 is 34.3. The second-order valence-electron chi connectivity index (χ2n) is 11.5. The third-order valence-corrected chi connectivity index (χ3v) is 8.76. The van der Waals surface area contributed by atoms with Crippen LogP contribution in [0, 0.1) is 0 Å². The predicted molar refractivity (Wildman–Crippen MR) is 169 cm³/mol. The summed E-state index contributed by atoms with van der Waals surface area (Å²) in [6.45, 7) is -0.308. The molecule has 48 heavy (non-hydrogen) atoms. The molecule has 1 aliphatic carbocycles. The van der Waals surface area contributed by atoms with Gasteiger partial charge in [0.15, 0.2) is 40.1 Å². The first-order valence-electron chi connectivity index (χ1n) is 15.2. The van der Waals surface area contributed by atoms with Crippen LogP contribution in [0.15, 0.2) is 70.7 Å². The van der Waals surface area contributed by atoms with Crippen LogP contribution in [0.1, 0.15) is 38.0 Å². The molecule has 2 amide bonds. The van der Waals surface area contributed by atoms with E-state index in [4.69, 9.17) is 28.1 Å². The highest BCUT2D eigenvalue weighted by Crippen LogP contribution is 2.51. The van der Waals surface area contributed by atoms with E-state index in [1.54, 1.807) is 48.5 Å². The molecule has 248 valence electrons. The molecule has 0 spiro atoms. The van der Waals surface area contributed by atoms with Gasteiger partial charge in [0.05, 0.1) is 32.8 Å². The molecular weight excluding hydrogens is 624 g/mol. The minimum atomic E-state index is -1.36. The molecule has 0 bridgehead atoms. The van der Waals surface area contributed by atoms with E-state index < -0.39 is 36.0 Å². The van der Waals surface area contributed by atoms with Gasteiger partial charge in [-0.15, -0.1) is 0 Å². The Morgan fingerprint density at radius 1 is 1.04 bits per heavy atom. The number of rotatable bonds is 10. The van der Waals surface area contributed by atoms with Crippen LogP contribution in [-0.4, -0.2) is 85.6 Å². The average molecular weight is 657 g/mol. The van der Waals surface area contributed by atoms with E-state index >= 15 is 0 Å². The molecule has 0 saturated carbocycles. The summed E-state index contributed by atoms with van der Waals surface area (Å²) in [7, 11) is 2.92. The van der Waals surface area contributed by atoms with Crippen LogP contribution in [0.3, 0.4) is 0 Å². The lowest BCUT2D eigenvalue weighted by Crippen LogP contribution is -2.55. The average Bonchev–Trinajstić information content (AvgIpc) is 3.86. The van der Waals surface area contributed by atoms with Crippen molar-refractivity contribution < 1.29 is 52.7 Å². The van der Waals surface area contributed by atoms with Crippen LogP contribution in [0.2, 0.25) is 0 Å². The molecule has 0 unspecified atom stereocenters. The number of ether oxygens (including phenoxy) is 5. The fraction of sp³-hybridized carbons (Fsp3) is 0.286. The lowest BCUT2D eigenvalue weighted by Gasteiger charge is -2.40. The molecule has 13 heteroatoms. The quantitative estimate of drug-likeness (QED) is 0.215. The summed E-state index contributed by atoms with van der Waals surface area (Å²) >= 11 is 0. The van der Waals surface area contributed by atoms with Gasteiger partial charge >= 0.3 is 0 Å². The van der Waals surface area contributed by atoms with Crippen molar-refractivity contribution in [1.29, 1.82) is 0 Å². The van der Waals surface area contributed by atoms with E-state index in [2.05, 4.69) is 5.32 Å². The molecule has 3 N–H and O–H groups in total. The fourth-order valence-corrected chi connectivity index (χ4v) is 6.55. The summed E-state index contributed by atoms with van der Waals surface area (Å²) in [4.78, 5) is 41.4. The first-order chi connectivity index (χ1) is 23.3. The lowest BCUT2D eigenvalue weighted by atomic mass is 9.77. The Morgan fingerprint density at radius 3 is 2.62 bits per heavy atom. The highest BCUT2D eigenvalue weighted by molar-refractivity contribution is 5.99. The Kier molecular flexibility index (Phi) is 8.15. The number of para-hydroxylation sites is 1. The maximum absolute atomic E-state index is 14.5. The zero-order valence-electron chi connectivity index (χ0n) is 26.0. The number of aliphatic hydroxyl groups excluding tert-OH is 2. The van der Waals surface area contributed by atoms with Crippen molar-refractivity contribution in [2.24, 2.45) is 0 Å². The lowest BCUT2D eigenvalue weighted by molar-refractivity contribution is -0.118. The van der Waals surface area contributed by atoms with Gasteiger partial charge in [-0.25, -0.2) is 0 Å². The van der Waals surface area contributed by atoms with Gasteiger partial charge < -0.3 is 48.5 Å². The standard InChI is InChI=1S/C35H32N2O11/c1-43-25-5-3-4-20-13-28(47-31(20)25)35(42)37(15-18-6-7-24-26(11-18)46-17-45-24)23-14-22(34(41)36-8-9-38)29-21-10-19(16-39)12-27(44-2)32(21)48-33(29)30(23)40/h3-7,10-14,16,23,29-30,33,38,40H,8-9,15,17H2,1-2H3,(H,36,41)/t23-,29+,30+,33+/m1/s1. The minimum absolute atomic E-state index is 0.0165. The van der Waals surface area contributed by atoms with Crippen molar-refractivity contribution in [3.63, 3.8) is 0 Å². The Labute approximate surface area is 274 Å². The van der Waals surface area contributed by atoms with Gasteiger partial charge in [-0.2, -0.15) is 0 Å². The third kappa shape index (κ3) is 5.26. The van der Waals surface area contributed by atoms with Gasteiger partial charge in [0.2, 0.25) is 12.7 Å². The molecule has 3 aromatic carbocycles. The Bertz CT molecular complexity index is 1950. The first-order valence-corrected chi connectivity index (χ1v) is 15.2. The zero-order chi connectivity index (χ0) is 33.5. The van der Waals surface area contributed by atoms with Gasteiger partial charge in [-0.3, -0.25) is 14.4 Å². The second kappa shape index (κ2) is 12.6. The van der Waals surface area contributed by atoms with Crippen molar-refractivity contribution in [2.45, 2.75) is 30.7 Å². The number of aliphatic hydroxyl groups is 2. The number of methoxy groups -OCH3 is 2. The van der Waals surface area contributed by atoms with Crippen LogP contribution >= 0.6 is 0 Å². The number of nitrogens with one attached hydrogen (secondary N) is 1. The zero-order valence-corrected chi connectivity index (χ0v) is 26.0. The van der Waals surface area contributed by atoms with Gasteiger partial charge in [-0.05, 0) is 48.0 Å². The molecule has 7 rings (SSSR count). The van der Waals surface area contributed by atoms with E-state index in [1.165, 1.54) is 31.3 Å². The molecule has 0 fully saturated rings. The van der Waals surface area contributed by atoms with Crippen molar-refractivity contribution >= 4 is 29.1 Å². The number of nitrogens with zero attached hydrogens (tertiary/aromatic N) is 1. The van der Waals surface area contributed by atoms with Crippen LogP contribution in [0.4, 0.5) is 0 Å². The highest BCUT2D eigenvalue weighted by atomic mass is 16.7. The first kappa shape index (κ1) is 31.1. The maximum Gasteiger partial charge on any atom is 0.290 e. The van der Waals surface area contributed by atoms with Crippen molar-refractivity contribution in [1.82, 2.24) is 10.2 Å². The van der Waals surface area contributed by atoms with Gasteiger partial charge in [0.1, 0.15) is 18.5 Å². The third-order valence-electron chi connectivity index (χ3n) is 8.76. The van der Waals surface area contributed by atoms with E-state index in [9.17, 15) is 24.6 Å². The molecular formula is C35H32N2O11. The largest absolute Gasteiger partial charge is 0.493 e. The van der Waals surface area contributed by atoms with Crippen molar-refractivity contribution in [2.75, 3.05) is 34.2 Å². The molecule has 13 nitrogen and oxygen atoms in total. The number of fused-ring (bicyclic) bond motifs is 5. The molecule has 3 heterocycles. The van der Waals surface area contributed by atoms with E-state index in [-0.39, 0.29) is 49.3 Å². The van der Waals surface area contributed by atoms with Crippen LogP contribution in [0.5, 0.6) is 28.7 Å². The van der Waals surface area contributed by atoms with Crippen LogP contribution < -0.4 is 29.0 Å². The van der Waals surface area contributed by atoms with E-state index in [0.717, 1.165) is 0 Å². The number of aldehydes is 1. The molecule has 4 aromatic rings. The number of hydrogen-bond donors (Lipinski definition) is 3. The highest BCUT2D eigenvalue weighted by Gasteiger charge is 2.51. The number of carbonyl (C=O) groups excluding carboxylic acids is 3. The Hall–Kier alpha value is -5.53. The fourth-order valence-electron chi connectivity index (χ4n) is 6.55. The number of benzene rings is 3. The summed E-state index contributed by atoms with van der Waals surface area (Å²) in [5, 5.41) is 24.8. The number of carbonyl (C=O) groups is 3. The maximum atomic E-state index is 14.5. The van der Waals surface area contributed by atoms with Crippen LogP contribution in [-0.2, 0) is 11.3 Å². The summed E-state index contributed by atoms with van der Waals surface area (Å²) in [5.41, 5.74) is 1.98. The number of amides is 2. The van der Waals surface area contributed by atoms with E-state index in [0.29, 0.717) is 51.2 Å². The SMILES string of the molecule is COc1cc(C=O)cc2c1O[C@@H]1[C@@H](O)[C@H](N(Cc3ccc4c(c3)OCO4)C(=O)c3cc4cccc(OC)c4o3)C=C(C(=O)NCCO)[C@H]21.